The molecule has 0 aromatic heterocycles. The van der Waals surface area contributed by atoms with Crippen LogP contribution in [-0.4, -0.2) is 31.9 Å². The van der Waals surface area contributed by atoms with Gasteiger partial charge in [0.15, 0.2) is 5.11 Å². The summed E-state index contributed by atoms with van der Waals surface area (Å²) in [6, 6.07) is 12.4. The van der Waals surface area contributed by atoms with Gasteiger partial charge in [0.25, 0.3) is 0 Å². The lowest BCUT2D eigenvalue weighted by molar-refractivity contribution is -0.126. The van der Waals surface area contributed by atoms with Gasteiger partial charge < -0.3 is 10.2 Å². The third kappa shape index (κ3) is 5.37. The molecule has 1 saturated heterocycles. The van der Waals surface area contributed by atoms with Crippen LogP contribution < -0.4 is 26.2 Å². The Bertz CT molecular complexity index is 1110. The van der Waals surface area contributed by atoms with E-state index in [0.29, 0.717) is 16.8 Å². The van der Waals surface area contributed by atoms with Crippen LogP contribution in [0.1, 0.15) is 17.5 Å². The van der Waals surface area contributed by atoms with Gasteiger partial charge in [-0.3, -0.25) is 20.4 Å². The highest BCUT2D eigenvalue weighted by molar-refractivity contribution is 7.89. The number of anilines is 2. The van der Waals surface area contributed by atoms with Gasteiger partial charge in [0.2, 0.25) is 21.8 Å². The molecule has 31 heavy (non-hydrogen) atoms. The van der Waals surface area contributed by atoms with E-state index in [9.17, 15) is 18.0 Å². The molecule has 2 aromatic carbocycles. The highest BCUT2D eigenvalue weighted by Crippen LogP contribution is 2.30. The number of para-hydroxylation sites is 1. The number of rotatable bonds is 4. The minimum atomic E-state index is -3.87. The highest BCUT2D eigenvalue weighted by Gasteiger charge is 2.35. The number of thiocarbonyl (C=S) groups is 1. The number of carbonyl (C=O) groups is 2. The molecule has 2 amide bonds. The van der Waals surface area contributed by atoms with Gasteiger partial charge in [-0.15, -0.1) is 0 Å². The van der Waals surface area contributed by atoms with Crippen LogP contribution in [0, 0.1) is 19.8 Å². The van der Waals surface area contributed by atoms with Crippen LogP contribution in [0.15, 0.2) is 47.4 Å². The van der Waals surface area contributed by atoms with E-state index in [1.54, 1.807) is 26.0 Å². The molecule has 1 atom stereocenters. The Morgan fingerprint density at radius 1 is 1.13 bits per heavy atom. The lowest BCUT2D eigenvalue weighted by Crippen LogP contribution is -2.46. The number of amides is 2. The van der Waals surface area contributed by atoms with E-state index in [1.807, 2.05) is 30.3 Å². The fourth-order valence-electron chi connectivity index (χ4n) is 3.57. The zero-order valence-electron chi connectivity index (χ0n) is 17.0. The van der Waals surface area contributed by atoms with Gasteiger partial charge >= 0.3 is 0 Å². The van der Waals surface area contributed by atoms with Crippen LogP contribution in [-0.2, 0) is 19.6 Å². The zero-order chi connectivity index (χ0) is 22.8. The first kappa shape index (κ1) is 22.7. The van der Waals surface area contributed by atoms with Gasteiger partial charge in [0.05, 0.1) is 10.8 Å². The molecule has 0 radical (unpaired) electrons. The maximum Gasteiger partial charge on any atom is 0.243 e. The number of hydrazine groups is 1. The molecular formula is C20H23N5O4S2. The molecule has 0 spiro atoms. The third-order valence-corrected chi connectivity index (χ3v) is 6.29. The van der Waals surface area contributed by atoms with Crippen LogP contribution in [0.4, 0.5) is 11.4 Å². The maximum atomic E-state index is 12.5. The van der Waals surface area contributed by atoms with Crippen LogP contribution >= 0.6 is 12.2 Å². The van der Waals surface area contributed by atoms with E-state index in [-0.39, 0.29) is 34.8 Å². The average Bonchev–Trinajstić information content (AvgIpc) is 3.07. The molecule has 3 rings (SSSR count). The summed E-state index contributed by atoms with van der Waals surface area (Å²) >= 11 is 5.15. The number of aryl methyl sites for hydroxylation is 2. The van der Waals surface area contributed by atoms with E-state index >= 15 is 0 Å². The standard InChI is InChI=1S/C20H23N5O4S2/c1-12-8-16(9-13(2)18(12)31(21,28)29)25-11-14(10-17(25)26)19(27)23-24-20(30)22-15-6-4-3-5-7-15/h3-9,14H,10-11H2,1-2H3,(H,23,27)(H2,21,28,29)(H2,22,24,30). The average molecular weight is 462 g/mol. The number of benzene rings is 2. The molecule has 5 N–H and O–H groups in total. The Hall–Kier alpha value is -3.02. The number of carbonyl (C=O) groups excluding carboxylic acids is 2. The third-order valence-electron chi connectivity index (χ3n) is 4.87. The van der Waals surface area contributed by atoms with Crippen LogP contribution in [0.3, 0.4) is 0 Å². The minimum absolute atomic E-state index is 0.0292. The van der Waals surface area contributed by atoms with Crippen molar-refractivity contribution in [2.24, 2.45) is 11.1 Å². The van der Waals surface area contributed by atoms with Gasteiger partial charge in [0, 0.05) is 24.3 Å². The van der Waals surface area contributed by atoms with Crippen molar-refractivity contribution in [1.29, 1.82) is 0 Å². The molecule has 0 saturated carbocycles. The highest BCUT2D eigenvalue weighted by atomic mass is 32.2. The Morgan fingerprint density at radius 2 is 1.74 bits per heavy atom. The van der Waals surface area contributed by atoms with Crippen molar-refractivity contribution in [3.05, 3.63) is 53.6 Å². The van der Waals surface area contributed by atoms with Crippen LogP contribution in [0.5, 0.6) is 0 Å². The van der Waals surface area contributed by atoms with Crippen LogP contribution in [0.25, 0.3) is 0 Å². The van der Waals surface area contributed by atoms with Crippen molar-refractivity contribution >= 4 is 50.5 Å². The summed E-state index contributed by atoms with van der Waals surface area (Å²) in [7, 11) is -3.87. The Kier molecular flexibility index (Phi) is 6.58. The van der Waals surface area contributed by atoms with Gasteiger partial charge in [-0.05, 0) is 61.5 Å². The molecule has 1 aliphatic heterocycles. The monoisotopic (exact) mass is 461 g/mol. The number of sulfonamides is 1. The van der Waals surface area contributed by atoms with Crippen molar-refractivity contribution in [1.82, 2.24) is 10.9 Å². The lowest BCUT2D eigenvalue weighted by Gasteiger charge is -2.20. The van der Waals surface area contributed by atoms with Crippen molar-refractivity contribution in [3.8, 4) is 0 Å². The molecule has 1 aliphatic rings. The Morgan fingerprint density at radius 3 is 2.32 bits per heavy atom. The second-order valence-electron chi connectivity index (χ2n) is 7.29. The lowest BCUT2D eigenvalue weighted by atomic mass is 10.1. The SMILES string of the molecule is Cc1cc(N2CC(C(=O)NNC(=S)Nc3ccccc3)CC2=O)cc(C)c1S(N)(=O)=O. The number of nitrogens with zero attached hydrogens (tertiary/aromatic N) is 1. The molecule has 11 heteroatoms. The molecule has 9 nitrogen and oxygen atoms in total. The molecule has 1 fully saturated rings. The number of nitrogens with one attached hydrogen (secondary N) is 3. The molecule has 164 valence electrons. The summed E-state index contributed by atoms with van der Waals surface area (Å²) in [5.41, 5.74) is 7.33. The van der Waals surface area contributed by atoms with E-state index < -0.39 is 15.9 Å². The normalized spacial score (nSPS) is 16.2. The quantitative estimate of drug-likeness (QED) is 0.399. The molecular weight excluding hydrogens is 438 g/mol. The smallest absolute Gasteiger partial charge is 0.243 e. The summed E-state index contributed by atoms with van der Waals surface area (Å²) in [5.74, 6) is -1.19. The zero-order valence-corrected chi connectivity index (χ0v) is 18.6. The number of hydrogen-bond acceptors (Lipinski definition) is 5. The van der Waals surface area contributed by atoms with Gasteiger partial charge in [-0.1, -0.05) is 18.2 Å². The first-order chi connectivity index (χ1) is 14.6. The number of nitrogens with two attached hydrogens (primary N) is 1. The first-order valence-electron chi connectivity index (χ1n) is 9.42. The number of hydrogen-bond donors (Lipinski definition) is 4. The van der Waals surface area contributed by atoms with Gasteiger partial charge in [0.1, 0.15) is 0 Å². The molecule has 1 heterocycles. The first-order valence-corrected chi connectivity index (χ1v) is 11.4. The van der Waals surface area contributed by atoms with Gasteiger partial charge in [-0.25, -0.2) is 13.6 Å². The maximum absolute atomic E-state index is 12.5. The minimum Gasteiger partial charge on any atom is -0.331 e. The fraction of sp³-hybridized carbons (Fsp3) is 0.250. The number of primary sulfonamides is 1. The van der Waals surface area contributed by atoms with E-state index in [2.05, 4.69) is 16.2 Å². The molecule has 0 aliphatic carbocycles. The van der Waals surface area contributed by atoms with Gasteiger partial charge in [-0.2, -0.15) is 0 Å². The summed E-state index contributed by atoms with van der Waals surface area (Å²) in [5, 5.41) is 8.42. The van der Waals surface area contributed by atoms with Crippen molar-refractivity contribution in [3.63, 3.8) is 0 Å². The second-order valence-corrected chi connectivity index (χ2v) is 9.20. The fourth-order valence-corrected chi connectivity index (χ4v) is 4.75. The van der Waals surface area contributed by atoms with Crippen molar-refractivity contribution in [2.45, 2.75) is 25.2 Å². The van der Waals surface area contributed by atoms with E-state index in [4.69, 9.17) is 17.4 Å². The summed E-state index contributed by atoms with van der Waals surface area (Å²) < 4.78 is 23.6. The Balaban J connectivity index is 1.63. The molecule has 0 bridgehead atoms. The largest absolute Gasteiger partial charge is 0.331 e. The molecule has 1 unspecified atom stereocenters. The summed E-state index contributed by atoms with van der Waals surface area (Å²) in [6.45, 7) is 3.40. The van der Waals surface area contributed by atoms with Crippen molar-refractivity contribution < 1.29 is 18.0 Å². The predicted octanol–water partition coefficient (Wildman–Crippen LogP) is 1.32. The molecule has 2 aromatic rings. The van der Waals surface area contributed by atoms with Crippen molar-refractivity contribution in [2.75, 3.05) is 16.8 Å². The predicted molar refractivity (Wildman–Crippen MR) is 122 cm³/mol. The van der Waals surface area contributed by atoms with E-state index in [0.717, 1.165) is 5.69 Å². The summed E-state index contributed by atoms with van der Waals surface area (Å²) in [4.78, 5) is 26.5. The topological polar surface area (TPSA) is 134 Å². The Labute approximate surface area is 186 Å². The van der Waals surface area contributed by atoms with E-state index in [1.165, 1.54) is 4.90 Å². The second kappa shape index (κ2) is 9.00. The summed E-state index contributed by atoms with van der Waals surface area (Å²) in [6.07, 6.45) is 0.0292. The van der Waals surface area contributed by atoms with Crippen LogP contribution in [0.2, 0.25) is 0 Å².